The van der Waals surface area contributed by atoms with Gasteiger partial charge < -0.3 is 8.83 Å². The van der Waals surface area contributed by atoms with Crippen LogP contribution >= 0.6 is 0 Å². The summed E-state index contributed by atoms with van der Waals surface area (Å²) in [5, 5.41) is 2.51. The predicted octanol–water partition coefficient (Wildman–Crippen LogP) is 8.26. The van der Waals surface area contributed by atoms with Gasteiger partial charge in [-0.15, -0.1) is 0 Å². The SMILES string of the molecule is Cc1cc2c3c(c1)B(c1c(C)cccc1C)c1c4ccccc4n4c5cc6oc7ccccc7oc6cc5n5c6ccccc6c(c5n-3c14)B2c1c(C)cccc1C. The van der Waals surface area contributed by atoms with Gasteiger partial charge in [0, 0.05) is 17.8 Å². The normalized spacial score (nSPS) is 13.2. The smallest absolute Gasteiger partial charge is 0.250 e. The van der Waals surface area contributed by atoms with Crippen LogP contribution < -0.4 is 32.8 Å². The minimum absolute atomic E-state index is 0.00381. The third-order valence-corrected chi connectivity index (χ3v) is 13.4. The first-order chi connectivity index (χ1) is 28.4. The highest BCUT2D eigenvalue weighted by Gasteiger charge is 2.45. The van der Waals surface area contributed by atoms with E-state index in [0.29, 0.717) is 11.2 Å². The summed E-state index contributed by atoms with van der Waals surface area (Å²) in [6, 6.07) is 49.0. The van der Waals surface area contributed by atoms with Crippen molar-refractivity contribution >= 4 is 113 Å². The molecule has 58 heavy (non-hydrogen) atoms. The van der Waals surface area contributed by atoms with E-state index in [4.69, 9.17) is 8.83 Å². The van der Waals surface area contributed by atoms with Crippen LogP contribution in [-0.4, -0.2) is 26.8 Å². The molecule has 0 radical (unpaired) electrons. The zero-order chi connectivity index (χ0) is 38.7. The van der Waals surface area contributed by atoms with Crippen molar-refractivity contribution in [3.63, 3.8) is 0 Å². The van der Waals surface area contributed by atoms with Crippen LogP contribution in [0.5, 0.6) is 0 Å². The Kier molecular flexibility index (Phi) is 6.21. The van der Waals surface area contributed by atoms with E-state index in [1.165, 1.54) is 99.4 Å². The average molecular weight is 746 g/mol. The molecule has 13 rings (SSSR count). The Bertz CT molecular complexity index is 3440. The molecule has 0 saturated carbocycles. The fourth-order valence-corrected chi connectivity index (χ4v) is 11.2. The lowest BCUT2D eigenvalue weighted by molar-refractivity contribution is 0.582. The van der Waals surface area contributed by atoms with E-state index < -0.39 is 0 Å². The van der Waals surface area contributed by atoms with Crippen LogP contribution in [0.15, 0.2) is 142 Å². The molecular weight excluding hydrogens is 708 g/mol. The molecule has 4 aromatic heterocycles. The highest BCUT2D eigenvalue weighted by Crippen LogP contribution is 2.37. The van der Waals surface area contributed by atoms with Crippen LogP contribution in [0.3, 0.4) is 0 Å². The van der Waals surface area contributed by atoms with E-state index in [1.807, 2.05) is 24.3 Å². The lowest BCUT2D eigenvalue weighted by atomic mass is 9.30. The van der Waals surface area contributed by atoms with Gasteiger partial charge >= 0.3 is 0 Å². The van der Waals surface area contributed by atoms with Crippen LogP contribution in [0.2, 0.25) is 0 Å². The topological polar surface area (TPSA) is 40.0 Å². The Morgan fingerprint density at radius 3 is 1.26 bits per heavy atom. The lowest BCUT2D eigenvalue weighted by Crippen LogP contribution is -2.64. The molecule has 6 heterocycles. The highest BCUT2D eigenvalue weighted by atomic mass is 16.4. The average Bonchev–Trinajstić information content (AvgIpc) is 3.70. The Morgan fingerprint density at radius 2 is 0.810 bits per heavy atom. The summed E-state index contributed by atoms with van der Waals surface area (Å²) >= 11 is 0. The summed E-state index contributed by atoms with van der Waals surface area (Å²) in [6.45, 7) is 11.4. The van der Waals surface area contributed by atoms with E-state index in [9.17, 15) is 0 Å². The van der Waals surface area contributed by atoms with E-state index in [1.54, 1.807) is 0 Å². The van der Waals surface area contributed by atoms with E-state index in [0.717, 1.165) is 22.2 Å². The zero-order valence-corrected chi connectivity index (χ0v) is 33.0. The first-order valence-corrected chi connectivity index (χ1v) is 20.3. The van der Waals surface area contributed by atoms with E-state index in [2.05, 4.69) is 157 Å². The molecule has 0 amide bonds. The Balaban J connectivity index is 1.40. The molecule has 0 bridgehead atoms. The van der Waals surface area contributed by atoms with Gasteiger partial charge in [-0.1, -0.05) is 136 Å². The quantitative estimate of drug-likeness (QED) is 0.132. The lowest BCUT2D eigenvalue weighted by Gasteiger charge is -2.35. The van der Waals surface area contributed by atoms with Crippen LogP contribution in [0.25, 0.3) is 72.2 Å². The summed E-state index contributed by atoms with van der Waals surface area (Å²) in [6.07, 6.45) is 0. The second kappa shape index (κ2) is 11.2. The maximum Gasteiger partial charge on any atom is 0.250 e. The van der Waals surface area contributed by atoms with Gasteiger partial charge in [0.1, 0.15) is 11.3 Å². The van der Waals surface area contributed by atoms with Crippen molar-refractivity contribution in [3.8, 4) is 5.69 Å². The van der Waals surface area contributed by atoms with Gasteiger partial charge in [-0.2, -0.15) is 0 Å². The molecule has 0 aliphatic carbocycles. The van der Waals surface area contributed by atoms with Crippen molar-refractivity contribution in [1.29, 1.82) is 0 Å². The van der Waals surface area contributed by atoms with Crippen molar-refractivity contribution in [1.82, 2.24) is 13.4 Å². The Hall–Kier alpha value is -6.85. The minimum atomic E-state index is -0.00381. The van der Waals surface area contributed by atoms with Crippen LogP contribution in [0.4, 0.5) is 0 Å². The molecule has 0 unspecified atom stereocenters. The van der Waals surface area contributed by atoms with Gasteiger partial charge in [-0.25, -0.2) is 0 Å². The van der Waals surface area contributed by atoms with E-state index in [-0.39, 0.29) is 13.4 Å². The standard InChI is InChI=1S/C51H37B2N3O2/c1-28-24-35-49-36(25-28)53(46-31(4)16-13-17-32(46)5)48-34-19-7-9-21-38(34)55-40-27-44-43(57-41-22-10-11-23-42(41)58-44)26-39(40)54-37-20-8-6-18-33(37)47(50(54)56(49)51(48)55)52(35)45-29(2)14-12-15-30(45)3/h6-27H,1-5H3. The molecule has 7 heteroatoms. The zero-order valence-electron chi connectivity index (χ0n) is 33.0. The molecule has 5 nitrogen and oxygen atoms in total. The molecule has 0 fully saturated rings. The summed E-state index contributed by atoms with van der Waals surface area (Å²) in [5.74, 6) is 0. The van der Waals surface area contributed by atoms with Crippen molar-refractivity contribution < 1.29 is 8.83 Å². The first kappa shape index (κ1) is 32.3. The molecule has 274 valence electrons. The fraction of sp³-hybridized carbons (Fsp3) is 0.0980. The van der Waals surface area contributed by atoms with Crippen LogP contribution in [-0.2, 0) is 0 Å². The van der Waals surface area contributed by atoms with Gasteiger partial charge in [-0.3, -0.25) is 13.4 Å². The highest BCUT2D eigenvalue weighted by molar-refractivity contribution is 7.03. The van der Waals surface area contributed by atoms with Crippen LogP contribution in [0.1, 0.15) is 27.8 Å². The molecule has 2 aliphatic heterocycles. The number of aromatic nitrogens is 3. The fourth-order valence-electron chi connectivity index (χ4n) is 11.2. The number of benzene rings is 7. The molecule has 7 aromatic carbocycles. The summed E-state index contributed by atoms with van der Waals surface area (Å²) in [7, 11) is 0. The number of fused-ring (bicyclic) bond motifs is 11. The number of rotatable bonds is 2. The first-order valence-electron chi connectivity index (χ1n) is 20.3. The maximum absolute atomic E-state index is 6.71. The predicted molar refractivity (Wildman–Crippen MR) is 243 cm³/mol. The Morgan fingerprint density at radius 1 is 0.397 bits per heavy atom. The summed E-state index contributed by atoms with van der Waals surface area (Å²) < 4.78 is 21.1. The number of hydrogen-bond donors (Lipinski definition) is 0. The van der Waals surface area contributed by atoms with Crippen molar-refractivity contribution in [3.05, 3.63) is 161 Å². The van der Waals surface area contributed by atoms with Gasteiger partial charge in [0.25, 0.3) is 0 Å². The Labute approximate surface area is 335 Å². The van der Waals surface area contributed by atoms with Gasteiger partial charge in [0.15, 0.2) is 22.3 Å². The molecule has 11 aromatic rings. The summed E-state index contributed by atoms with van der Waals surface area (Å²) in [5.41, 5.74) is 25.6. The molecule has 0 spiro atoms. The van der Waals surface area contributed by atoms with Crippen molar-refractivity contribution in [2.75, 3.05) is 0 Å². The molecule has 2 aliphatic rings. The maximum atomic E-state index is 6.71. The van der Waals surface area contributed by atoms with Gasteiger partial charge in [0.2, 0.25) is 13.4 Å². The number of aryl methyl sites for hydroxylation is 5. The molecule has 0 saturated heterocycles. The molecule has 0 N–H and O–H groups in total. The second-order valence-electron chi connectivity index (χ2n) is 16.7. The number of hydrogen-bond acceptors (Lipinski definition) is 2. The second-order valence-corrected chi connectivity index (χ2v) is 16.7. The molecular formula is C51H37B2N3O2. The summed E-state index contributed by atoms with van der Waals surface area (Å²) in [4.78, 5) is 0. The third kappa shape index (κ3) is 3.94. The van der Waals surface area contributed by atoms with E-state index >= 15 is 0 Å². The largest absolute Gasteiger partial charge is 0.449 e. The van der Waals surface area contributed by atoms with Crippen LogP contribution in [0, 0.1) is 34.6 Å². The minimum Gasteiger partial charge on any atom is -0.449 e. The van der Waals surface area contributed by atoms with Crippen molar-refractivity contribution in [2.45, 2.75) is 34.6 Å². The van der Waals surface area contributed by atoms with Gasteiger partial charge in [-0.05, 0) is 91.5 Å². The molecule has 0 atom stereocenters. The van der Waals surface area contributed by atoms with Crippen molar-refractivity contribution in [2.24, 2.45) is 0 Å². The number of para-hydroxylation sites is 4. The monoisotopic (exact) mass is 745 g/mol. The third-order valence-electron chi connectivity index (χ3n) is 13.4. The number of nitrogens with zero attached hydrogens (tertiary/aromatic N) is 3. The van der Waals surface area contributed by atoms with Gasteiger partial charge in [0.05, 0.1) is 22.1 Å².